The van der Waals surface area contributed by atoms with E-state index >= 15 is 0 Å². The van der Waals surface area contributed by atoms with E-state index in [4.69, 9.17) is 14.5 Å². The third-order valence-electron chi connectivity index (χ3n) is 5.31. The predicted octanol–water partition coefficient (Wildman–Crippen LogP) is 3.42. The summed E-state index contributed by atoms with van der Waals surface area (Å²) < 4.78 is 11.0. The van der Waals surface area contributed by atoms with Gasteiger partial charge >= 0.3 is 0 Å². The van der Waals surface area contributed by atoms with Crippen LogP contribution < -0.4 is 20.1 Å². The molecule has 0 atom stereocenters. The van der Waals surface area contributed by atoms with Crippen LogP contribution in [0.4, 0.5) is 0 Å². The van der Waals surface area contributed by atoms with E-state index in [2.05, 4.69) is 10.6 Å². The third-order valence-corrected chi connectivity index (χ3v) is 5.31. The second kappa shape index (κ2) is 12.9. The average molecular weight is 532 g/mol. The molecule has 2 N–H and O–H groups in total. The van der Waals surface area contributed by atoms with Gasteiger partial charge in [-0.15, -0.1) is 24.0 Å². The van der Waals surface area contributed by atoms with Crippen molar-refractivity contribution in [1.82, 2.24) is 15.5 Å². The fourth-order valence-electron chi connectivity index (χ4n) is 3.84. The second-order valence-electron chi connectivity index (χ2n) is 7.65. The molecular weight excluding hydrogens is 495 g/mol. The molecule has 0 radical (unpaired) electrons. The number of nitrogens with zero attached hydrogens (tertiary/aromatic N) is 2. The van der Waals surface area contributed by atoms with Crippen LogP contribution in [0.2, 0.25) is 0 Å². The summed E-state index contributed by atoms with van der Waals surface area (Å²) in [5.41, 5.74) is 0.699. The molecule has 0 heterocycles. The van der Waals surface area contributed by atoms with Crippen molar-refractivity contribution < 1.29 is 14.3 Å². The maximum Gasteiger partial charge on any atom is 0.230 e. The highest BCUT2D eigenvalue weighted by Crippen LogP contribution is 2.38. The number of hydrogen-bond acceptors (Lipinski definition) is 4. The normalized spacial score (nSPS) is 15.2. The van der Waals surface area contributed by atoms with Gasteiger partial charge in [0.15, 0.2) is 17.5 Å². The van der Waals surface area contributed by atoms with Crippen LogP contribution in [0.3, 0.4) is 0 Å². The van der Waals surface area contributed by atoms with Crippen molar-refractivity contribution in [1.29, 1.82) is 0 Å². The number of carbonyl (C=O) groups excluding carboxylic acids is 1. The third kappa shape index (κ3) is 6.92. The quantitative estimate of drug-likeness (QED) is 0.290. The fraction of sp³-hybridized carbons (Fsp3) is 0.636. The standard InChI is InChI=1S/C22H36N4O3.HI/c1-6-23-21(25-16-22(12-8-9-13-22)20(27)26(3)4)24-15-17-10-11-18(29-7-2)19(14-17)28-5;/h10-11,14H,6-9,12-13,15-16H2,1-5H3,(H2,23,24,25);1H. The molecule has 7 nitrogen and oxygen atoms in total. The maximum atomic E-state index is 12.8. The molecule has 0 bridgehead atoms. The molecule has 0 aromatic heterocycles. The lowest BCUT2D eigenvalue weighted by Crippen LogP contribution is -2.49. The van der Waals surface area contributed by atoms with Crippen molar-refractivity contribution >= 4 is 35.8 Å². The summed E-state index contributed by atoms with van der Waals surface area (Å²) in [5, 5.41) is 6.69. The fourth-order valence-corrected chi connectivity index (χ4v) is 3.84. The zero-order valence-electron chi connectivity index (χ0n) is 18.9. The Morgan fingerprint density at radius 1 is 1.17 bits per heavy atom. The summed E-state index contributed by atoms with van der Waals surface area (Å²) in [6.07, 6.45) is 4.04. The van der Waals surface area contributed by atoms with Gasteiger partial charge in [-0.2, -0.15) is 0 Å². The highest BCUT2D eigenvalue weighted by atomic mass is 127. The lowest BCUT2D eigenvalue weighted by Gasteiger charge is -2.31. The Labute approximate surface area is 198 Å². The van der Waals surface area contributed by atoms with Crippen molar-refractivity contribution in [3.05, 3.63) is 23.8 Å². The molecule has 1 aliphatic carbocycles. The summed E-state index contributed by atoms with van der Waals surface area (Å²) >= 11 is 0. The molecular formula is C22H37IN4O3. The van der Waals surface area contributed by atoms with Crippen LogP contribution in [0, 0.1) is 5.41 Å². The zero-order chi connectivity index (χ0) is 21.3. The monoisotopic (exact) mass is 532 g/mol. The number of guanidine groups is 1. The molecule has 1 aliphatic rings. The van der Waals surface area contributed by atoms with E-state index in [9.17, 15) is 4.79 Å². The van der Waals surface area contributed by atoms with Crippen LogP contribution in [0.5, 0.6) is 11.5 Å². The highest BCUT2D eigenvalue weighted by molar-refractivity contribution is 14.0. The average Bonchev–Trinajstić information content (AvgIpc) is 3.20. The van der Waals surface area contributed by atoms with Crippen molar-refractivity contribution in [3.8, 4) is 11.5 Å². The lowest BCUT2D eigenvalue weighted by molar-refractivity contribution is -0.138. The SMILES string of the molecule is CCNC(=NCc1ccc(OCC)c(OC)c1)NCC1(C(=O)N(C)C)CCCC1.I. The van der Waals surface area contributed by atoms with Crippen LogP contribution in [0.25, 0.3) is 0 Å². The largest absolute Gasteiger partial charge is 0.493 e. The number of aliphatic imine (C=N–C) groups is 1. The van der Waals surface area contributed by atoms with E-state index in [1.807, 2.05) is 46.1 Å². The van der Waals surface area contributed by atoms with Crippen molar-refractivity contribution in [2.45, 2.75) is 46.1 Å². The molecule has 0 spiro atoms. The van der Waals surface area contributed by atoms with Gasteiger partial charge in [-0.05, 0) is 44.4 Å². The van der Waals surface area contributed by atoms with Gasteiger partial charge in [0.2, 0.25) is 5.91 Å². The minimum Gasteiger partial charge on any atom is -0.493 e. The molecule has 8 heteroatoms. The number of halogens is 1. The molecule has 170 valence electrons. The smallest absolute Gasteiger partial charge is 0.230 e. The van der Waals surface area contributed by atoms with E-state index in [1.165, 1.54) is 0 Å². The number of methoxy groups -OCH3 is 1. The van der Waals surface area contributed by atoms with E-state index in [-0.39, 0.29) is 35.3 Å². The van der Waals surface area contributed by atoms with Gasteiger partial charge < -0.3 is 25.0 Å². The van der Waals surface area contributed by atoms with E-state index in [1.54, 1.807) is 12.0 Å². The first-order valence-corrected chi connectivity index (χ1v) is 10.5. The van der Waals surface area contributed by atoms with Gasteiger partial charge in [-0.1, -0.05) is 18.9 Å². The van der Waals surface area contributed by atoms with Gasteiger partial charge in [-0.25, -0.2) is 4.99 Å². The summed E-state index contributed by atoms with van der Waals surface area (Å²) in [5.74, 6) is 2.37. The molecule has 1 fully saturated rings. The Morgan fingerprint density at radius 2 is 1.87 bits per heavy atom. The summed E-state index contributed by atoms with van der Waals surface area (Å²) in [4.78, 5) is 19.2. The van der Waals surface area contributed by atoms with Crippen molar-refractivity contribution in [2.75, 3.05) is 40.9 Å². The number of rotatable bonds is 9. The van der Waals surface area contributed by atoms with Gasteiger partial charge in [-0.3, -0.25) is 4.79 Å². The second-order valence-corrected chi connectivity index (χ2v) is 7.65. The van der Waals surface area contributed by atoms with Crippen LogP contribution >= 0.6 is 24.0 Å². The molecule has 0 unspecified atom stereocenters. The molecule has 0 aliphatic heterocycles. The first-order chi connectivity index (χ1) is 14.0. The van der Waals surface area contributed by atoms with Crippen LogP contribution in [0.15, 0.2) is 23.2 Å². The Bertz CT molecular complexity index is 704. The topological polar surface area (TPSA) is 75.2 Å². The van der Waals surface area contributed by atoms with Crippen LogP contribution in [0.1, 0.15) is 45.1 Å². The number of carbonyl (C=O) groups is 1. The van der Waals surface area contributed by atoms with Crippen molar-refractivity contribution in [2.24, 2.45) is 10.4 Å². The lowest BCUT2D eigenvalue weighted by atomic mass is 9.84. The van der Waals surface area contributed by atoms with E-state index in [0.29, 0.717) is 25.4 Å². The highest BCUT2D eigenvalue weighted by Gasteiger charge is 2.42. The number of benzene rings is 1. The van der Waals surface area contributed by atoms with E-state index < -0.39 is 0 Å². The number of amides is 1. The number of nitrogens with one attached hydrogen (secondary N) is 2. The predicted molar refractivity (Wildman–Crippen MR) is 132 cm³/mol. The molecule has 2 rings (SSSR count). The Morgan fingerprint density at radius 3 is 2.43 bits per heavy atom. The summed E-state index contributed by atoms with van der Waals surface area (Å²) in [6, 6.07) is 5.86. The van der Waals surface area contributed by atoms with Gasteiger partial charge in [0.25, 0.3) is 0 Å². The summed E-state index contributed by atoms with van der Waals surface area (Å²) in [7, 11) is 5.31. The maximum absolute atomic E-state index is 12.8. The molecule has 1 amide bonds. The molecule has 1 aromatic rings. The Hall–Kier alpha value is -1.71. The Kier molecular flexibility index (Phi) is 11.3. The van der Waals surface area contributed by atoms with Gasteiger partial charge in [0, 0.05) is 27.2 Å². The Balaban J connectivity index is 0.00000450. The van der Waals surface area contributed by atoms with E-state index in [0.717, 1.165) is 49.5 Å². The summed E-state index contributed by atoms with van der Waals surface area (Å²) in [6.45, 7) is 6.44. The molecule has 0 saturated heterocycles. The van der Waals surface area contributed by atoms with Crippen LogP contribution in [-0.4, -0.2) is 57.7 Å². The van der Waals surface area contributed by atoms with Crippen LogP contribution in [-0.2, 0) is 11.3 Å². The van der Waals surface area contributed by atoms with Gasteiger partial charge in [0.05, 0.1) is 25.7 Å². The first-order valence-electron chi connectivity index (χ1n) is 10.5. The van der Waals surface area contributed by atoms with Gasteiger partial charge in [0.1, 0.15) is 0 Å². The number of hydrogen-bond donors (Lipinski definition) is 2. The zero-order valence-corrected chi connectivity index (χ0v) is 21.2. The molecule has 1 aromatic carbocycles. The van der Waals surface area contributed by atoms with Crippen molar-refractivity contribution in [3.63, 3.8) is 0 Å². The minimum atomic E-state index is -0.331. The minimum absolute atomic E-state index is 0. The number of ether oxygens (including phenoxy) is 2. The first kappa shape index (κ1) is 26.3. The molecule has 1 saturated carbocycles. The molecule has 30 heavy (non-hydrogen) atoms.